The van der Waals surface area contributed by atoms with E-state index < -0.39 is 22.5 Å². The molecular formula is C26H27N3O4S2. The van der Waals surface area contributed by atoms with E-state index in [-0.39, 0.29) is 11.0 Å². The molecule has 4 rings (SSSR count). The third kappa shape index (κ3) is 6.43. The Bertz CT molecular complexity index is 1300. The molecule has 0 aromatic heterocycles. The largest absolute Gasteiger partial charge is 0.489 e. The summed E-state index contributed by atoms with van der Waals surface area (Å²) < 4.78 is 33.7. The zero-order valence-electron chi connectivity index (χ0n) is 19.5. The van der Waals surface area contributed by atoms with Gasteiger partial charge in [-0.05, 0) is 73.5 Å². The number of carbonyl (C=O) groups excluding carboxylic acids is 1. The number of hydrogen-bond donors (Lipinski definition) is 1. The summed E-state index contributed by atoms with van der Waals surface area (Å²) >= 11 is 1.86. The molecule has 3 aromatic carbocycles. The molecular weight excluding hydrogens is 482 g/mol. The van der Waals surface area contributed by atoms with Gasteiger partial charge in [0.05, 0.1) is 16.8 Å². The Hall–Kier alpha value is -3.30. The molecule has 0 unspecified atom stereocenters. The van der Waals surface area contributed by atoms with Crippen LogP contribution in [-0.2, 0) is 14.8 Å². The number of hydrogen-bond acceptors (Lipinski definition) is 6. The number of amides is 1. The predicted molar refractivity (Wildman–Crippen MR) is 141 cm³/mol. The van der Waals surface area contributed by atoms with Crippen molar-refractivity contribution in [1.82, 2.24) is 5.43 Å². The van der Waals surface area contributed by atoms with Crippen LogP contribution in [0, 0.1) is 13.8 Å². The molecule has 1 aliphatic heterocycles. The Morgan fingerprint density at radius 3 is 2.40 bits per heavy atom. The third-order valence-corrected chi connectivity index (χ3v) is 8.38. The fourth-order valence-corrected chi connectivity index (χ4v) is 5.36. The van der Waals surface area contributed by atoms with Crippen LogP contribution in [0.5, 0.6) is 5.75 Å². The standard InChI is InChI=1S/C26H27N3O4S2/c1-19-6-12-25(13-7-19)35(31,32)29(22-5-3-4-20(2)14-22)16-26(30)28-27-15-21-8-10-23(11-9-21)33-24-17-34-18-24/h3-15,24H,16-18H2,1-2H3,(H,28,30)/b27-15-. The lowest BCUT2D eigenvalue weighted by Gasteiger charge is -2.25. The summed E-state index contributed by atoms with van der Waals surface area (Å²) in [4.78, 5) is 12.8. The first-order valence-electron chi connectivity index (χ1n) is 11.1. The lowest BCUT2D eigenvalue weighted by molar-refractivity contribution is -0.119. The predicted octanol–water partition coefficient (Wildman–Crippen LogP) is 4.14. The molecule has 9 heteroatoms. The maximum absolute atomic E-state index is 13.4. The smallest absolute Gasteiger partial charge is 0.264 e. The van der Waals surface area contributed by atoms with Crippen LogP contribution in [0.3, 0.4) is 0 Å². The number of nitrogens with zero attached hydrogens (tertiary/aromatic N) is 2. The molecule has 1 amide bonds. The van der Waals surface area contributed by atoms with Crippen molar-refractivity contribution in [2.75, 3.05) is 22.4 Å². The van der Waals surface area contributed by atoms with Gasteiger partial charge in [-0.2, -0.15) is 16.9 Å². The van der Waals surface area contributed by atoms with Crippen LogP contribution in [0.4, 0.5) is 5.69 Å². The van der Waals surface area contributed by atoms with Crippen molar-refractivity contribution in [1.29, 1.82) is 0 Å². The highest BCUT2D eigenvalue weighted by molar-refractivity contribution is 8.00. The number of ether oxygens (including phenoxy) is 1. The Labute approximate surface area is 210 Å². The molecule has 3 aromatic rings. The van der Waals surface area contributed by atoms with Gasteiger partial charge in [0.1, 0.15) is 18.4 Å². The molecule has 1 saturated heterocycles. The second kappa shape index (κ2) is 11.0. The Morgan fingerprint density at radius 2 is 1.77 bits per heavy atom. The minimum atomic E-state index is -3.97. The van der Waals surface area contributed by atoms with Crippen LogP contribution >= 0.6 is 11.8 Å². The lowest BCUT2D eigenvalue weighted by Crippen LogP contribution is -2.39. The molecule has 35 heavy (non-hydrogen) atoms. The van der Waals surface area contributed by atoms with Crippen molar-refractivity contribution >= 4 is 39.6 Å². The number of anilines is 1. The topological polar surface area (TPSA) is 88.1 Å². The molecule has 0 saturated carbocycles. The summed E-state index contributed by atoms with van der Waals surface area (Å²) in [5.41, 5.74) is 5.45. The number of aryl methyl sites for hydroxylation is 2. The minimum absolute atomic E-state index is 0.115. The van der Waals surface area contributed by atoms with Gasteiger partial charge in [0, 0.05) is 11.5 Å². The van der Waals surface area contributed by atoms with Crippen LogP contribution in [-0.4, -0.2) is 44.7 Å². The number of rotatable bonds is 9. The first-order valence-corrected chi connectivity index (χ1v) is 13.7. The number of sulfonamides is 1. The second-order valence-corrected chi connectivity index (χ2v) is 11.2. The average molecular weight is 510 g/mol. The Morgan fingerprint density at radius 1 is 1.06 bits per heavy atom. The summed E-state index contributed by atoms with van der Waals surface area (Å²) in [6, 6.07) is 21.0. The van der Waals surface area contributed by atoms with Gasteiger partial charge in [0.15, 0.2) is 0 Å². The molecule has 1 heterocycles. The van der Waals surface area contributed by atoms with Gasteiger partial charge >= 0.3 is 0 Å². The van der Waals surface area contributed by atoms with E-state index in [1.54, 1.807) is 42.5 Å². The van der Waals surface area contributed by atoms with Gasteiger partial charge in [-0.25, -0.2) is 13.8 Å². The van der Waals surface area contributed by atoms with Gasteiger partial charge < -0.3 is 4.74 Å². The van der Waals surface area contributed by atoms with E-state index in [9.17, 15) is 13.2 Å². The van der Waals surface area contributed by atoms with E-state index in [1.807, 2.05) is 55.9 Å². The fourth-order valence-electron chi connectivity index (χ4n) is 3.39. The summed E-state index contributed by atoms with van der Waals surface area (Å²) in [5.74, 6) is 2.26. The van der Waals surface area contributed by atoms with E-state index >= 15 is 0 Å². The molecule has 1 aliphatic rings. The van der Waals surface area contributed by atoms with Crippen molar-refractivity contribution in [2.45, 2.75) is 24.8 Å². The summed E-state index contributed by atoms with van der Waals surface area (Å²) in [6.07, 6.45) is 1.78. The molecule has 0 radical (unpaired) electrons. The number of benzene rings is 3. The van der Waals surface area contributed by atoms with Gasteiger partial charge in [0.2, 0.25) is 0 Å². The molecule has 0 aliphatic carbocycles. The zero-order chi connectivity index (χ0) is 24.8. The first-order chi connectivity index (χ1) is 16.8. The highest BCUT2D eigenvalue weighted by Crippen LogP contribution is 2.25. The normalized spacial score (nSPS) is 13.9. The number of nitrogens with one attached hydrogen (secondary N) is 1. The maximum atomic E-state index is 13.4. The van der Waals surface area contributed by atoms with Crippen molar-refractivity contribution in [3.8, 4) is 5.75 Å². The number of thioether (sulfide) groups is 1. The first kappa shape index (κ1) is 24.8. The van der Waals surface area contributed by atoms with Crippen LogP contribution < -0.4 is 14.5 Å². The van der Waals surface area contributed by atoms with Crippen molar-refractivity contribution in [2.24, 2.45) is 5.10 Å². The third-order valence-electron chi connectivity index (χ3n) is 5.38. The van der Waals surface area contributed by atoms with Gasteiger partial charge in [-0.15, -0.1) is 0 Å². The number of carbonyl (C=O) groups is 1. The molecule has 1 N–H and O–H groups in total. The molecule has 182 valence electrons. The van der Waals surface area contributed by atoms with Gasteiger partial charge in [-0.1, -0.05) is 29.8 Å². The summed E-state index contributed by atoms with van der Waals surface area (Å²) in [7, 11) is -3.97. The molecule has 0 bridgehead atoms. The van der Waals surface area contributed by atoms with Crippen molar-refractivity contribution in [3.05, 3.63) is 89.5 Å². The van der Waals surface area contributed by atoms with Crippen LogP contribution in [0.15, 0.2) is 82.8 Å². The summed E-state index contributed by atoms with van der Waals surface area (Å²) in [6.45, 7) is 3.34. The second-order valence-electron chi connectivity index (χ2n) is 8.30. The lowest BCUT2D eigenvalue weighted by atomic mass is 10.2. The molecule has 1 fully saturated rings. The maximum Gasteiger partial charge on any atom is 0.264 e. The van der Waals surface area contributed by atoms with Crippen molar-refractivity contribution in [3.63, 3.8) is 0 Å². The molecule has 0 spiro atoms. The van der Waals surface area contributed by atoms with E-state index in [0.717, 1.165) is 38.3 Å². The van der Waals surface area contributed by atoms with Crippen LogP contribution in [0.1, 0.15) is 16.7 Å². The van der Waals surface area contributed by atoms with E-state index in [4.69, 9.17) is 4.74 Å². The van der Waals surface area contributed by atoms with E-state index in [2.05, 4.69) is 10.5 Å². The monoisotopic (exact) mass is 509 g/mol. The summed E-state index contributed by atoms with van der Waals surface area (Å²) in [5, 5.41) is 4.00. The average Bonchev–Trinajstić information content (AvgIpc) is 2.81. The molecule has 7 nitrogen and oxygen atoms in total. The van der Waals surface area contributed by atoms with Gasteiger partial charge in [-0.3, -0.25) is 9.10 Å². The van der Waals surface area contributed by atoms with Gasteiger partial charge in [0.25, 0.3) is 15.9 Å². The zero-order valence-corrected chi connectivity index (χ0v) is 21.2. The van der Waals surface area contributed by atoms with Crippen LogP contribution in [0.2, 0.25) is 0 Å². The fraction of sp³-hybridized carbons (Fsp3) is 0.231. The molecule has 0 atom stereocenters. The highest BCUT2D eigenvalue weighted by Gasteiger charge is 2.27. The minimum Gasteiger partial charge on any atom is -0.489 e. The van der Waals surface area contributed by atoms with Crippen molar-refractivity contribution < 1.29 is 17.9 Å². The number of hydrazone groups is 1. The van der Waals surface area contributed by atoms with E-state index in [1.165, 1.54) is 6.21 Å². The quantitative estimate of drug-likeness (QED) is 0.346. The van der Waals surface area contributed by atoms with E-state index in [0.29, 0.717) is 5.69 Å². The Balaban J connectivity index is 1.45. The highest BCUT2D eigenvalue weighted by atomic mass is 32.2. The SMILES string of the molecule is Cc1ccc(S(=O)(=O)N(CC(=O)N/N=C\c2ccc(OC3CSC3)cc2)c2cccc(C)c2)cc1. The van der Waals surface area contributed by atoms with Crippen LogP contribution in [0.25, 0.3) is 0 Å². The Kier molecular flexibility index (Phi) is 7.77.